The highest BCUT2D eigenvalue weighted by Crippen LogP contribution is 2.32. The number of hydrazone groups is 1. The Morgan fingerprint density at radius 1 is 1.36 bits per heavy atom. The SMILES string of the molecule is CCOc1cc(/C=N/NC(=O)COc2cccc(Cl)c2)cc(I)c1O. The standard InChI is InChI=1S/C17H16ClIN2O4/c1-2-24-15-7-11(6-14(19)17(15)23)9-20-21-16(22)10-25-13-5-3-4-12(18)8-13/h3-9,23H,2,10H2,1H3,(H,21,22)/b20-9+. The summed E-state index contributed by atoms with van der Waals surface area (Å²) in [6, 6.07) is 10.1. The Morgan fingerprint density at radius 3 is 2.88 bits per heavy atom. The Labute approximate surface area is 163 Å². The first-order valence-corrected chi connectivity index (χ1v) is 8.81. The summed E-state index contributed by atoms with van der Waals surface area (Å²) >= 11 is 7.83. The molecule has 6 nitrogen and oxygen atoms in total. The minimum absolute atomic E-state index is 0.0820. The van der Waals surface area contributed by atoms with Gasteiger partial charge < -0.3 is 14.6 Å². The third-order valence-electron chi connectivity index (χ3n) is 2.92. The van der Waals surface area contributed by atoms with Gasteiger partial charge in [0, 0.05) is 5.02 Å². The van der Waals surface area contributed by atoms with Crippen LogP contribution in [0.2, 0.25) is 5.02 Å². The summed E-state index contributed by atoms with van der Waals surface area (Å²) in [5, 5.41) is 14.3. The van der Waals surface area contributed by atoms with E-state index in [2.05, 4.69) is 10.5 Å². The Kier molecular flexibility index (Phi) is 7.32. The predicted octanol–water partition coefficient (Wildman–Crippen LogP) is 3.58. The molecule has 0 saturated heterocycles. The number of amides is 1. The Balaban J connectivity index is 1.90. The van der Waals surface area contributed by atoms with Crippen molar-refractivity contribution in [3.8, 4) is 17.2 Å². The molecule has 0 aliphatic heterocycles. The van der Waals surface area contributed by atoms with Gasteiger partial charge in [-0.1, -0.05) is 17.7 Å². The van der Waals surface area contributed by atoms with Gasteiger partial charge >= 0.3 is 0 Å². The smallest absolute Gasteiger partial charge is 0.277 e. The minimum atomic E-state index is -0.408. The van der Waals surface area contributed by atoms with Crippen LogP contribution in [0.25, 0.3) is 0 Å². The lowest BCUT2D eigenvalue weighted by Gasteiger charge is -2.08. The number of hydrogen-bond acceptors (Lipinski definition) is 5. The lowest BCUT2D eigenvalue weighted by molar-refractivity contribution is -0.123. The van der Waals surface area contributed by atoms with E-state index in [0.29, 0.717) is 32.3 Å². The van der Waals surface area contributed by atoms with E-state index < -0.39 is 5.91 Å². The van der Waals surface area contributed by atoms with Crippen molar-refractivity contribution < 1.29 is 19.4 Å². The van der Waals surface area contributed by atoms with Crippen LogP contribution in [0.5, 0.6) is 17.2 Å². The zero-order valence-electron chi connectivity index (χ0n) is 13.3. The molecule has 0 aromatic heterocycles. The van der Waals surface area contributed by atoms with Crippen LogP contribution in [0.1, 0.15) is 12.5 Å². The highest BCUT2D eigenvalue weighted by molar-refractivity contribution is 14.1. The lowest BCUT2D eigenvalue weighted by Crippen LogP contribution is -2.24. The van der Waals surface area contributed by atoms with Crippen molar-refractivity contribution in [2.45, 2.75) is 6.92 Å². The fraction of sp³-hybridized carbons (Fsp3) is 0.176. The quantitative estimate of drug-likeness (QED) is 0.365. The number of carbonyl (C=O) groups excluding carboxylic acids is 1. The van der Waals surface area contributed by atoms with Crippen LogP contribution in [0.15, 0.2) is 41.5 Å². The molecular formula is C17H16ClIN2O4. The lowest BCUT2D eigenvalue weighted by atomic mass is 10.2. The van der Waals surface area contributed by atoms with Crippen LogP contribution in [0.3, 0.4) is 0 Å². The maximum Gasteiger partial charge on any atom is 0.277 e. The van der Waals surface area contributed by atoms with Gasteiger partial charge in [-0.05, 0) is 65.4 Å². The Bertz CT molecular complexity index is 783. The highest BCUT2D eigenvalue weighted by Gasteiger charge is 2.08. The van der Waals surface area contributed by atoms with Crippen molar-refractivity contribution in [2.75, 3.05) is 13.2 Å². The second-order valence-electron chi connectivity index (χ2n) is 4.82. The van der Waals surface area contributed by atoms with Crippen molar-refractivity contribution in [2.24, 2.45) is 5.10 Å². The van der Waals surface area contributed by atoms with Gasteiger partial charge in [0.05, 0.1) is 16.4 Å². The summed E-state index contributed by atoms with van der Waals surface area (Å²) in [5.74, 6) is 0.542. The van der Waals surface area contributed by atoms with E-state index in [4.69, 9.17) is 21.1 Å². The molecule has 0 saturated carbocycles. The molecule has 0 spiro atoms. The van der Waals surface area contributed by atoms with Gasteiger partial charge in [0.25, 0.3) is 5.91 Å². The molecule has 0 radical (unpaired) electrons. The molecule has 2 aromatic rings. The topological polar surface area (TPSA) is 80.2 Å². The number of phenolic OH excluding ortho intramolecular Hbond substituents is 1. The number of phenols is 1. The number of aromatic hydroxyl groups is 1. The molecule has 0 aliphatic carbocycles. The van der Waals surface area contributed by atoms with Gasteiger partial charge in [0.2, 0.25) is 0 Å². The molecule has 0 unspecified atom stereocenters. The van der Waals surface area contributed by atoms with Crippen molar-refractivity contribution >= 4 is 46.3 Å². The normalized spacial score (nSPS) is 10.7. The molecule has 0 aliphatic rings. The van der Waals surface area contributed by atoms with Crippen molar-refractivity contribution in [3.05, 3.63) is 50.6 Å². The molecule has 0 heterocycles. The number of benzene rings is 2. The molecule has 0 atom stereocenters. The molecule has 0 bridgehead atoms. The molecule has 2 rings (SSSR count). The number of ether oxygens (including phenoxy) is 2. The molecule has 8 heteroatoms. The first-order chi connectivity index (χ1) is 12.0. The average Bonchev–Trinajstić information content (AvgIpc) is 2.58. The largest absolute Gasteiger partial charge is 0.504 e. The van der Waals surface area contributed by atoms with Crippen LogP contribution in [0, 0.1) is 3.57 Å². The van der Waals surface area contributed by atoms with Crippen LogP contribution < -0.4 is 14.9 Å². The van der Waals surface area contributed by atoms with Gasteiger partial charge in [-0.2, -0.15) is 5.10 Å². The van der Waals surface area contributed by atoms with E-state index >= 15 is 0 Å². The number of nitrogens with zero attached hydrogens (tertiary/aromatic N) is 1. The summed E-state index contributed by atoms with van der Waals surface area (Å²) in [6.07, 6.45) is 1.46. The van der Waals surface area contributed by atoms with Crippen molar-refractivity contribution in [1.82, 2.24) is 5.43 Å². The third-order valence-corrected chi connectivity index (χ3v) is 3.98. The van der Waals surface area contributed by atoms with Gasteiger partial charge in [-0.25, -0.2) is 5.43 Å². The Hall–Kier alpha value is -2.00. The maximum atomic E-state index is 11.7. The van der Waals surface area contributed by atoms with Crippen molar-refractivity contribution in [1.29, 1.82) is 0 Å². The maximum absolute atomic E-state index is 11.7. The number of rotatable bonds is 7. The number of carbonyl (C=O) groups is 1. The van der Waals surface area contributed by atoms with Gasteiger partial charge in [-0.15, -0.1) is 0 Å². The van der Waals surface area contributed by atoms with Crippen LogP contribution >= 0.6 is 34.2 Å². The van der Waals surface area contributed by atoms with Gasteiger partial charge in [0.1, 0.15) is 5.75 Å². The molecular weight excluding hydrogens is 459 g/mol. The van der Waals surface area contributed by atoms with Crippen LogP contribution in [-0.4, -0.2) is 30.4 Å². The third kappa shape index (κ3) is 6.09. The van der Waals surface area contributed by atoms with E-state index in [9.17, 15) is 9.90 Å². The van der Waals surface area contributed by atoms with Gasteiger partial charge in [-0.3, -0.25) is 4.79 Å². The fourth-order valence-corrected chi connectivity index (χ4v) is 2.66. The molecule has 132 valence electrons. The second kappa shape index (κ2) is 9.47. The molecule has 1 amide bonds. The summed E-state index contributed by atoms with van der Waals surface area (Å²) in [4.78, 5) is 11.7. The summed E-state index contributed by atoms with van der Waals surface area (Å²) in [5.41, 5.74) is 3.05. The highest BCUT2D eigenvalue weighted by atomic mass is 127. The monoisotopic (exact) mass is 474 g/mol. The van der Waals surface area contributed by atoms with Gasteiger partial charge in [0.15, 0.2) is 18.1 Å². The first kappa shape index (κ1) is 19.3. The van der Waals surface area contributed by atoms with E-state index in [-0.39, 0.29) is 12.4 Å². The number of halogens is 2. The second-order valence-corrected chi connectivity index (χ2v) is 6.42. The van der Waals surface area contributed by atoms with Crippen LogP contribution in [-0.2, 0) is 4.79 Å². The summed E-state index contributed by atoms with van der Waals surface area (Å²) in [7, 11) is 0. The Morgan fingerprint density at radius 2 is 2.16 bits per heavy atom. The number of hydrogen-bond donors (Lipinski definition) is 2. The summed E-state index contributed by atoms with van der Waals surface area (Å²) < 4.78 is 11.3. The zero-order valence-corrected chi connectivity index (χ0v) is 16.2. The van der Waals surface area contributed by atoms with E-state index in [1.54, 1.807) is 36.4 Å². The fourth-order valence-electron chi connectivity index (χ4n) is 1.85. The van der Waals surface area contributed by atoms with Crippen LogP contribution in [0.4, 0.5) is 0 Å². The van der Waals surface area contributed by atoms with E-state index in [1.165, 1.54) is 6.21 Å². The molecule has 0 fully saturated rings. The average molecular weight is 475 g/mol. The summed E-state index contributed by atoms with van der Waals surface area (Å²) in [6.45, 7) is 2.07. The van der Waals surface area contributed by atoms with E-state index in [1.807, 2.05) is 29.5 Å². The molecule has 25 heavy (non-hydrogen) atoms. The molecule has 2 N–H and O–H groups in total. The van der Waals surface area contributed by atoms with E-state index in [0.717, 1.165) is 0 Å². The zero-order chi connectivity index (χ0) is 18.2. The molecule has 2 aromatic carbocycles. The number of nitrogens with one attached hydrogen (secondary N) is 1. The predicted molar refractivity (Wildman–Crippen MR) is 105 cm³/mol. The minimum Gasteiger partial charge on any atom is -0.504 e. The van der Waals surface area contributed by atoms with Crippen molar-refractivity contribution in [3.63, 3.8) is 0 Å². The first-order valence-electron chi connectivity index (χ1n) is 7.35.